The second-order valence-electron chi connectivity index (χ2n) is 6.75. The molecule has 0 amide bonds. The van der Waals surface area contributed by atoms with Gasteiger partial charge in [0.25, 0.3) is 0 Å². The zero-order valence-corrected chi connectivity index (χ0v) is 15.1. The molecule has 2 heterocycles. The highest BCUT2D eigenvalue weighted by Gasteiger charge is 2.27. The van der Waals surface area contributed by atoms with Gasteiger partial charge in [0, 0.05) is 13.1 Å². The molecular weight excluding hydrogens is 342 g/mol. The topological polar surface area (TPSA) is 75.6 Å². The van der Waals surface area contributed by atoms with E-state index in [0.717, 1.165) is 46.6 Å². The van der Waals surface area contributed by atoms with Crippen LogP contribution in [-0.4, -0.2) is 41.2 Å². The fraction of sp³-hybridized carbons (Fsp3) is 0.286. The second-order valence-corrected chi connectivity index (χ2v) is 6.75. The van der Waals surface area contributed by atoms with Crippen LogP contribution in [-0.2, 0) is 4.79 Å². The zero-order chi connectivity index (χ0) is 18.8. The summed E-state index contributed by atoms with van der Waals surface area (Å²) in [5.74, 6) is 0.499. The third-order valence-electron chi connectivity index (χ3n) is 5.11. The summed E-state index contributed by atoms with van der Waals surface area (Å²) in [6.07, 6.45) is 3.10. The SMILES string of the molecule is COc1ccc(-c2cccc3ncnc(N4CCCC(C(=O)O)C4)c23)cc1. The summed E-state index contributed by atoms with van der Waals surface area (Å²) in [6, 6.07) is 13.9. The number of hydrogen-bond acceptors (Lipinski definition) is 5. The third-order valence-corrected chi connectivity index (χ3v) is 5.11. The monoisotopic (exact) mass is 363 g/mol. The molecule has 1 aromatic heterocycles. The quantitative estimate of drug-likeness (QED) is 0.763. The molecule has 1 saturated heterocycles. The number of methoxy groups -OCH3 is 1. The molecule has 0 aliphatic carbocycles. The molecule has 3 aromatic rings. The van der Waals surface area contributed by atoms with Crippen LogP contribution in [0.25, 0.3) is 22.0 Å². The molecule has 1 unspecified atom stereocenters. The van der Waals surface area contributed by atoms with Gasteiger partial charge in [0.2, 0.25) is 0 Å². The summed E-state index contributed by atoms with van der Waals surface area (Å²) in [5.41, 5.74) is 2.93. The van der Waals surface area contributed by atoms with Gasteiger partial charge in [-0.05, 0) is 42.2 Å². The molecule has 0 radical (unpaired) electrons. The van der Waals surface area contributed by atoms with Crippen LogP contribution < -0.4 is 9.64 Å². The fourth-order valence-corrected chi connectivity index (χ4v) is 3.72. The van der Waals surface area contributed by atoms with Crippen molar-refractivity contribution in [1.82, 2.24) is 9.97 Å². The molecule has 1 atom stereocenters. The van der Waals surface area contributed by atoms with Crippen LogP contribution in [0.3, 0.4) is 0 Å². The molecule has 2 aromatic carbocycles. The van der Waals surface area contributed by atoms with Crippen LogP contribution in [0.15, 0.2) is 48.8 Å². The van der Waals surface area contributed by atoms with Crippen molar-refractivity contribution in [3.63, 3.8) is 0 Å². The maximum absolute atomic E-state index is 11.5. The molecule has 0 bridgehead atoms. The molecule has 0 spiro atoms. The fourth-order valence-electron chi connectivity index (χ4n) is 3.72. The number of ether oxygens (including phenoxy) is 1. The van der Waals surface area contributed by atoms with Crippen LogP contribution in [0.1, 0.15) is 12.8 Å². The van der Waals surface area contributed by atoms with Gasteiger partial charge in [-0.3, -0.25) is 4.79 Å². The van der Waals surface area contributed by atoms with E-state index >= 15 is 0 Å². The summed E-state index contributed by atoms with van der Waals surface area (Å²) in [4.78, 5) is 22.5. The minimum Gasteiger partial charge on any atom is -0.497 e. The van der Waals surface area contributed by atoms with E-state index in [1.54, 1.807) is 13.4 Å². The molecule has 1 aliphatic heterocycles. The van der Waals surface area contributed by atoms with E-state index < -0.39 is 5.97 Å². The van der Waals surface area contributed by atoms with E-state index in [1.807, 2.05) is 36.4 Å². The molecule has 6 heteroatoms. The average molecular weight is 363 g/mol. The van der Waals surface area contributed by atoms with Crippen molar-refractivity contribution >= 4 is 22.7 Å². The standard InChI is InChI=1S/C21H21N3O3/c1-27-16-9-7-14(8-10-16)17-5-2-6-18-19(17)20(23-13-22-18)24-11-3-4-15(12-24)21(25)26/h2,5-10,13,15H,3-4,11-12H2,1H3,(H,25,26). The summed E-state index contributed by atoms with van der Waals surface area (Å²) in [7, 11) is 1.65. The van der Waals surface area contributed by atoms with E-state index in [1.165, 1.54) is 0 Å². The van der Waals surface area contributed by atoms with Gasteiger partial charge in [0.1, 0.15) is 17.9 Å². The number of carboxylic acid groups (broad SMARTS) is 1. The van der Waals surface area contributed by atoms with Crippen molar-refractivity contribution in [2.45, 2.75) is 12.8 Å². The number of aliphatic carboxylic acids is 1. The van der Waals surface area contributed by atoms with Gasteiger partial charge in [-0.15, -0.1) is 0 Å². The third kappa shape index (κ3) is 3.30. The Morgan fingerprint density at radius 1 is 1.19 bits per heavy atom. The van der Waals surface area contributed by atoms with E-state index in [4.69, 9.17) is 4.74 Å². The van der Waals surface area contributed by atoms with Crippen LogP contribution in [0, 0.1) is 5.92 Å². The number of nitrogens with zero attached hydrogens (tertiary/aromatic N) is 3. The molecule has 6 nitrogen and oxygen atoms in total. The number of carboxylic acids is 1. The summed E-state index contributed by atoms with van der Waals surface area (Å²) < 4.78 is 5.26. The number of aromatic nitrogens is 2. The largest absolute Gasteiger partial charge is 0.497 e. The van der Waals surface area contributed by atoms with Gasteiger partial charge >= 0.3 is 5.97 Å². The van der Waals surface area contributed by atoms with Crippen molar-refractivity contribution in [1.29, 1.82) is 0 Å². The second kappa shape index (κ2) is 7.23. The number of anilines is 1. The van der Waals surface area contributed by atoms with Crippen LogP contribution in [0.2, 0.25) is 0 Å². The number of benzene rings is 2. The Kier molecular flexibility index (Phi) is 4.62. The normalized spacial score (nSPS) is 17.1. The Hall–Kier alpha value is -3.15. The molecule has 1 fully saturated rings. The number of hydrogen-bond donors (Lipinski definition) is 1. The Morgan fingerprint density at radius 3 is 2.74 bits per heavy atom. The Bertz CT molecular complexity index is 967. The Balaban J connectivity index is 1.83. The van der Waals surface area contributed by atoms with Gasteiger partial charge in [-0.25, -0.2) is 9.97 Å². The minimum absolute atomic E-state index is 0.364. The van der Waals surface area contributed by atoms with Gasteiger partial charge in [0.05, 0.1) is 23.9 Å². The first-order chi connectivity index (χ1) is 13.2. The summed E-state index contributed by atoms with van der Waals surface area (Å²) in [5, 5.41) is 10.4. The van der Waals surface area contributed by atoms with Crippen molar-refractivity contribution in [3.05, 3.63) is 48.8 Å². The van der Waals surface area contributed by atoms with Gasteiger partial charge in [-0.1, -0.05) is 24.3 Å². The molecule has 138 valence electrons. The average Bonchev–Trinajstić information content (AvgIpc) is 2.73. The lowest BCUT2D eigenvalue weighted by Crippen LogP contribution is -2.39. The highest BCUT2D eigenvalue weighted by Crippen LogP contribution is 2.35. The first kappa shape index (κ1) is 17.3. The predicted octanol–water partition coefficient (Wildman–Crippen LogP) is 3.61. The highest BCUT2D eigenvalue weighted by molar-refractivity contribution is 6.02. The van der Waals surface area contributed by atoms with E-state index in [-0.39, 0.29) is 5.92 Å². The zero-order valence-electron chi connectivity index (χ0n) is 15.1. The molecule has 4 rings (SSSR count). The lowest BCUT2D eigenvalue weighted by atomic mass is 9.96. The molecule has 1 aliphatic rings. The smallest absolute Gasteiger partial charge is 0.308 e. The first-order valence-electron chi connectivity index (χ1n) is 9.03. The van der Waals surface area contributed by atoms with Crippen molar-refractivity contribution in [2.24, 2.45) is 5.92 Å². The molecule has 1 N–H and O–H groups in total. The number of carbonyl (C=O) groups is 1. The molecule has 0 saturated carbocycles. The lowest BCUT2D eigenvalue weighted by Gasteiger charge is -2.32. The van der Waals surface area contributed by atoms with Crippen molar-refractivity contribution in [2.75, 3.05) is 25.1 Å². The van der Waals surface area contributed by atoms with Crippen molar-refractivity contribution < 1.29 is 14.6 Å². The number of rotatable bonds is 4. The van der Waals surface area contributed by atoms with Gasteiger partial charge in [-0.2, -0.15) is 0 Å². The van der Waals surface area contributed by atoms with Crippen molar-refractivity contribution in [3.8, 4) is 16.9 Å². The van der Waals surface area contributed by atoms with Crippen LogP contribution in [0.5, 0.6) is 5.75 Å². The molecular formula is C21H21N3O3. The van der Waals surface area contributed by atoms with E-state index in [9.17, 15) is 9.90 Å². The van der Waals surface area contributed by atoms with Gasteiger partial charge in [0.15, 0.2) is 0 Å². The molecule has 27 heavy (non-hydrogen) atoms. The predicted molar refractivity (Wildman–Crippen MR) is 104 cm³/mol. The maximum atomic E-state index is 11.5. The first-order valence-corrected chi connectivity index (χ1v) is 9.03. The Labute approximate surface area is 157 Å². The Morgan fingerprint density at radius 2 is 2.00 bits per heavy atom. The number of piperidine rings is 1. The number of fused-ring (bicyclic) bond motifs is 1. The van der Waals surface area contributed by atoms with Crippen LogP contribution in [0.4, 0.5) is 5.82 Å². The van der Waals surface area contributed by atoms with Crippen LogP contribution >= 0.6 is 0 Å². The van der Waals surface area contributed by atoms with Gasteiger partial charge < -0.3 is 14.7 Å². The highest BCUT2D eigenvalue weighted by atomic mass is 16.5. The lowest BCUT2D eigenvalue weighted by molar-refractivity contribution is -0.141. The van der Waals surface area contributed by atoms with E-state index in [2.05, 4.69) is 20.9 Å². The minimum atomic E-state index is -0.742. The van der Waals surface area contributed by atoms with E-state index in [0.29, 0.717) is 13.0 Å². The summed E-state index contributed by atoms with van der Waals surface area (Å²) in [6.45, 7) is 1.27. The summed E-state index contributed by atoms with van der Waals surface area (Å²) >= 11 is 0. The maximum Gasteiger partial charge on any atom is 0.308 e.